The molecule has 0 N–H and O–H groups in total. The van der Waals surface area contributed by atoms with Crippen molar-refractivity contribution in [1.29, 1.82) is 0 Å². The molecular formula is C46H32O. The topological polar surface area (TPSA) is 13.1 Å². The van der Waals surface area contributed by atoms with Gasteiger partial charge in [0.2, 0.25) is 0 Å². The highest BCUT2D eigenvalue weighted by molar-refractivity contribution is 6.25. The molecule has 0 saturated carbocycles. The molecule has 0 unspecified atom stereocenters. The fourth-order valence-corrected chi connectivity index (χ4v) is 8.37. The van der Waals surface area contributed by atoms with Crippen molar-refractivity contribution in [2.24, 2.45) is 0 Å². The van der Waals surface area contributed by atoms with Gasteiger partial charge in [0.05, 0.1) is 0 Å². The molecule has 0 atom stereocenters. The van der Waals surface area contributed by atoms with Crippen LogP contribution in [0.2, 0.25) is 0 Å². The first-order valence-electron chi connectivity index (χ1n) is 16.8. The zero-order valence-electron chi connectivity index (χ0n) is 26.1. The first-order valence-corrected chi connectivity index (χ1v) is 16.8. The zero-order valence-corrected chi connectivity index (χ0v) is 26.1. The van der Waals surface area contributed by atoms with Crippen LogP contribution in [0, 0.1) is 0 Å². The molecular weight excluding hydrogens is 569 g/mol. The predicted octanol–water partition coefficient (Wildman–Crippen LogP) is 12.9. The lowest BCUT2D eigenvalue weighted by Crippen LogP contribution is -2.05. The lowest BCUT2D eigenvalue weighted by atomic mass is 9.80. The highest BCUT2D eigenvalue weighted by Gasteiger charge is 2.26. The quantitative estimate of drug-likeness (QED) is 0.184. The van der Waals surface area contributed by atoms with Crippen LogP contribution in [0.1, 0.15) is 24.0 Å². The van der Waals surface area contributed by atoms with E-state index in [1.807, 2.05) is 0 Å². The summed E-state index contributed by atoms with van der Waals surface area (Å²) in [5.41, 5.74) is 12.5. The van der Waals surface area contributed by atoms with Gasteiger partial charge in [-0.15, -0.1) is 0 Å². The molecule has 8 aromatic carbocycles. The number of hydrogen-bond donors (Lipinski definition) is 0. The first kappa shape index (κ1) is 26.5. The summed E-state index contributed by atoms with van der Waals surface area (Å²) in [4.78, 5) is 0. The molecule has 1 heteroatoms. The number of para-hydroxylation sites is 1. The molecule has 0 bridgehead atoms. The maximum atomic E-state index is 6.82. The largest absolute Gasteiger partial charge is 0.455 e. The second kappa shape index (κ2) is 10.4. The number of fused-ring (bicyclic) bond motifs is 7. The van der Waals surface area contributed by atoms with Crippen LogP contribution in [0.4, 0.5) is 0 Å². The van der Waals surface area contributed by atoms with E-state index in [1.165, 1.54) is 100 Å². The monoisotopic (exact) mass is 600 g/mol. The molecule has 0 amide bonds. The Bertz CT molecular complexity index is 2630. The van der Waals surface area contributed by atoms with Crippen LogP contribution in [0.3, 0.4) is 0 Å². The number of benzene rings is 8. The number of furan rings is 1. The smallest absolute Gasteiger partial charge is 0.143 e. The molecule has 47 heavy (non-hydrogen) atoms. The van der Waals surface area contributed by atoms with Gasteiger partial charge in [-0.05, 0) is 110 Å². The molecule has 1 aliphatic rings. The highest BCUT2D eigenvalue weighted by atomic mass is 16.3. The minimum atomic E-state index is 0.960. The van der Waals surface area contributed by atoms with Gasteiger partial charge in [-0.3, -0.25) is 0 Å². The fourth-order valence-electron chi connectivity index (χ4n) is 8.37. The molecule has 10 rings (SSSR count). The van der Waals surface area contributed by atoms with Crippen LogP contribution in [0.25, 0.3) is 87.6 Å². The summed E-state index contributed by atoms with van der Waals surface area (Å²) in [6.45, 7) is 0. The number of hydrogen-bond acceptors (Lipinski definition) is 1. The van der Waals surface area contributed by atoms with E-state index in [4.69, 9.17) is 4.42 Å². The Balaban J connectivity index is 1.31. The van der Waals surface area contributed by atoms with Gasteiger partial charge in [0.25, 0.3) is 0 Å². The lowest BCUT2D eigenvalue weighted by molar-refractivity contribution is 0.661. The van der Waals surface area contributed by atoms with E-state index >= 15 is 0 Å². The Kier molecular flexibility index (Phi) is 5.90. The fraction of sp³-hybridized carbons (Fsp3) is 0.0870. The van der Waals surface area contributed by atoms with Crippen LogP contribution in [0.15, 0.2) is 150 Å². The third-order valence-corrected chi connectivity index (χ3v) is 10.4. The van der Waals surface area contributed by atoms with Crippen molar-refractivity contribution in [2.45, 2.75) is 25.7 Å². The molecule has 0 saturated heterocycles. The van der Waals surface area contributed by atoms with Gasteiger partial charge < -0.3 is 4.42 Å². The summed E-state index contributed by atoms with van der Waals surface area (Å²) in [5, 5.41) is 10.1. The SMILES string of the molecule is c1cc(-c2cccc3ccccc23)cc(-c2c3ccccc3c(-c3c4c(cc5c3oc3ccccc35)CCCC4)c3ccccc23)c1. The normalized spacial score (nSPS) is 13.2. The van der Waals surface area contributed by atoms with Gasteiger partial charge in [-0.2, -0.15) is 0 Å². The predicted molar refractivity (Wildman–Crippen MR) is 199 cm³/mol. The highest BCUT2D eigenvalue weighted by Crippen LogP contribution is 2.49. The Morgan fingerprint density at radius 3 is 1.79 bits per heavy atom. The van der Waals surface area contributed by atoms with Crippen molar-refractivity contribution < 1.29 is 4.42 Å². The van der Waals surface area contributed by atoms with Crippen LogP contribution >= 0.6 is 0 Å². The third kappa shape index (κ3) is 4.03. The average Bonchev–Trinajstić information content (AvgIpc) is 3.51. The van der Waals surface area contributed by atoms with Crippen LogP contribution in [-0.4, -0.2) is 0 Å². The minimum absolute atomic E-state index is 0.960. The summed E-state index contributed by atoms with van der Waals surface area (Å²) in [5.74, 6) is 0. The lowest BCUT2D eigenvalue weighted by Gasteiger charge is -2.23. The summed E-state index contributed by atoms with van der Waals surface area (Å²) in [6.07, 6.45) is 4.64. The van der Waals surface area contributed by atoms with Crippen LogP contribution in [0.5, 0.6) is 0 Å². The van der Waals surface area contributed by atoms with Crippen molar-refractivity contribution in [1.82, 2.24) is 0 Å². The van der Waals surface area contributed by atoms with Crippen molar-refractivity contribution >= 4 is 54.3 Å². The molecule has 1 aliphatic carbocycles. The molecule has 0 fully saturated rings. The molecule has 9 aromatic rings. The van der Waals surface area contributed by atoms with E-state index in [0.29, 0.717) is 0 Å². The van der Waals surface area contributed by atoms with Crippen molar-refractivity contribution in [3.63, 3.8) is 0 Å². The Hall–Kier alpha value is -5.66. The van der Waals surface area contributed by atoms with Gasteiger partial charge in [0.1, 0.15) is 11.2 Å². The Morgan fingerprint density at radius 1 is 0.404 bits per heavy atom. The molecule has 0 radical (unpaired) electrons. The van der Waals surface area contributed by atoms with Gasteiger partial charge in [-0.25, -0.2) is 0 Å². The second-order valence-electron chi connectivity index (χ2n) is 13.0. The van der Waals surface area contributed by atoms with Crippen LogP contribution in [-0.2, 0) is 12.8 Å². The van der Waals surface area contributed by atoms with E-state index in [1.54, 1.807) is 0 Å². The summed E-state index contributed by atoms with van der Waals surface area (Å²) in [6, 6.07) is 53.4. The van der Waals surface area contributed by atoms with E-state index in [2.05, 4.69) is 146 Å². The number of aryl methyl sites for hydroxylation is 1. The molecule has 1 aromatic heterocycles. The van der Waals surface area contributed by atoms with E-state index in [9.17, 15) is 0 Å². The molecule has 0 spiro atoms. The Morgan fingerprint density at radius 2 is 1.00 bits per heavy atom. The van der Waals surface area contributed by atoms with Gasteiger partial charge in [0.15, 0.2) is 0 Å². The first-order chi connectivity index (χ1) is 23.3. The van der Waals surface area contributed by atoms with Crippen molar-refractivity contribution in [2.75, 3.05) is 0 Å². The molecule has 1 nitrogen and oxygen atoms in total. The van der Waals surface area contributed by atoms with Crippen molar-refractivity contribution in [3.8, 4) is 33.4 Å². The summed E-state index contributed by atoms with van der Waals surface area (Å²) < 4.78 is 6.82. The standard InChI is InChI=1S/C46H32O/c1-3-18-33-29(13-1)15-12-25-34(33)30-16-11-17-32(27-30)43-37-21-5-7-23-39(37)44(40-24-8-6-22-38(40)43)45-35-19-4-2-14-31(35)28-41-36-20-9-10-26-42(36)47-46(41)45/h1,3,5-13,15-18,20-28H,2,4,14,19H2. The molecule has 1 heterocycles. The summed E-state index contributed by atoms with van der Waals surface area (Å²) in [7, 11) is 0. The van der Waals surface area contributed by atoms with Gasteiger partial charge >= 0.3 is 0 Å². The molecule has 222 valence electrons. The maximum absolute atomic E-state index is 6.82. The number of rotatable bonds is 3. The minimum Gasteiger partial charge on any atom is -0.455 e. The van der Waals surface area contributed by atoms with Crippen molar-refractivity contribution in [3.05, 3.63) is 157 Å². The van der Waals surface area contributed by atoms with E-state index in [-0.39, 0.29) is 0 Å². The van der Waals surface area contributed by atoms with Gasteiger partial charge in [-0.1, -0.05) is 127 Å². The second-order valence-corrected chi connectivity index (χ2v) is 13.0. The zero-order chi connectivity index (χ0) is 30.9. The maximum Gasteiger partial charge on any atom is 0.143 e. The molecule has 0 aliphatic heterocycles. The Labute approximate surface area is 273 Å². The van der Waals surface area contributed by atoms with E-state index < -0.39 is 0 Å². The van der Waals surface area contributed by atoms with E-state index in [0.717, 1.165) is 24.0 Å². The summed E-state index contributed by atoms with van der Waals surface area (Å²) >= 11 is 0. The van der Waals surface area contributed by atoms with Gasteiger partial charge in [0, 0.05) is 21.9 Å². The average molecular weight is 601 g/mol. The third-order valence-electron chi connectivity index (χ3n) is 10.4. The van der Waals surface area contributed by atoms with Crippen LogP contribution < -0.4 is 0 Å².